The van der Waals surface area contributed by atoms with Gasteiger partial charge in [0.05, 0.1) is 7.11 Å². The predicted molar refractivity (Wildman–Crippen MR) is 132 cm³/mol. The molecule has 0 saturated carbocycles. The van der Waals surface area contributed by atoms with Crippen LogP contribution in [0.5, 0.6) is 23.1 Å². The normalized spacial score (nSPS) is 12.6. The van der Waals surface area contributed by atoms with E-state index in [0.29, 0.717) is 58.3 Å². The summed E-state index contributed by atoms with van der Waals surface area (Å²) in [5, 5.41) is 11.1. The zero-order valence-corrected chi connectivity index (χ0v) is 19.3. The average molecular weight is 483 g/mol. The second-order valence-corrected chi connectivity index (χ2v) is 8.21. The Balaban J connectivity index is 1.58. The van der Waals surface area contributed by atoms with Gasteiger partial charge in [0.15, 0.2) is 17.1 Å². The van der Waals surface area contributed by atoms with E-state index in [1.807, 2.05) is 48.5 Å². The van der Waals surface area contributed by atoms with Crippen molar-refractivity contribution in [2.75, 3.05) is 20.3 Å². The lowest BCUT2D eigenvalue weighted by molar-refractivity contribution is 0.0691. The topological polar surface area (TPSA) is 100 Å². The Morgan fingerprint density at radius 2 is 1.78 bits per heavy atom. The molecule has 8 nitrogen and oxygen atoms in total. The van der Waals surface area contributed by atoms with Gasteiger partial charge in [0.25, 0.3) is 0 Å². The number of furan rings is 1. The van der Waals surface area contributed by atoms with Crippen molar-refractivity contribution in [3.8, 4) is 34.3 Å². The minimum atomic E-state index is -1.19. The molecule has 0 amide bonds. The maximum absolute atomic E-state index is 12.7. The summed E-state index contributed by atoms with van der Waals surface area (Å²) < 4.78 is 29.0. The molecule has 3 heterocycles. The highest BCUT2D eigenvalue weighted by Gasteiger charge is 2.28. The lowest BCUT2D eigenvalue weighted by Gasteiger charge is -2.19. The number of fused-ring (bicyclic) bond motifs is 4. The van der Waals surface area contributed by atoms with E-state index in [2.05, 4.69) is 4.98 Å². The zero-order chi connectivity index (χ0) is 24.6. The second-order valence-electron chi connectivity index (χ2n) is 8.21. The summed E-state index contributed by atoms with van der Waals surface area (Å²) >= 11 is 0. The first-order valence-corrected chi connectivity index (χ1v) is 11.4. The first-order chi connectivity index (χ1) is 17.6. The minimum Gasteiger partial charge on any atom is -0.496 e. The monoisotopic (exact) mass is 483 g/mol. The van der Waals surface area contributed by atoms with Gasteiger partial charge < -0.3 is 28.5 Å². The molecule has 0 aliphatic carbocycles. The fourth-order valence-electron chi connectivity index (χ4n) is 4.44. The average Bonchev–Trinajstić information content (AvgIpc) is 3.29. The van der Waals surface area contributed by atoms with Gasteiger partial charge in [-0.05, 0) is 35.9 Å². The van der Waals surface area contributed by atoms with E-state index in [9.17, 15) is 9.90 Å². The Morgan fingerprint density at radius 1 is 1.00 bits per heavy atom. The van der Waals surface area contributed by atoms with Crippen molar-refractivity contribution >= 4 is 28.0 Å². The minimum absolute atomic E-state index is 0.0163. The molecule has 0 spiro atoms. The molecular weight excluding hydrogens is 462 g/mol. The van der Waals surface area contributed by atoms with E-state index in [-0.39, 0.29) is 18.1 Å². The molecule has 36 heavy (non-hydrogen) atoms. The number of para-hydroxylation sites is 2. The number of carboxylic acids is 1. The SMILES string of the molecule is COc1ccccc1COc1nc2c(oc3ccccc32)c(-c2ccc3c(c2)OCCO3)c1C(=O)O. The molecule has 5 aromatic rings. The van der Waals surface area contributed by atoms with Crippen LogP contribution in [0.1, 0.15) is 15.9 Å². The van der Waals surface area contributed by atoms with Crippen molar-refractivity contribution in [1.82, 2.24) is 4.98 Å². The van der Waals surface area contributed by atoms with Crippen LogP contribution in [-0.2, 0) is 6.61 Å². The molecule has 0 fully saturated rings. The van der Waals surface area contributed by atoms with E-state index in [1.54, 1.807) is 25.3 Å². The maximum Gasteiger partial charge on any atom is 0.342 e. The number of benzene rings is 3. The second kappa shape index (κ2) is 8.81. The van der Waals surface area contributed by atoms with Gasteiger partial charge in [-0.1, -0.05) is 36.4 Å². The van der Waals surface area contributed by atoms with Crippen molar-refractivity contribution in [2.45, 2.75) is 6.61 Å². The molecule has 1 aliphatic heterocycles. The number of aromatic nitrogens is 1. The van der Waals surface area contributed by atoms with Crippen LogP contribution in [0.15, 0.2) is 71.1 Å². The molecule has 0 radical (unpaired) electrons. The quantitative estimate of drug-likeness (QED) is 0.328. The van der Waals surface area contributed by atoms with Crippen LogP contribution in [0, 0.1) is 0 Å². The van der Waals surface area contributed by atoms with Crippen molar-refractivity contribution in [2.24, 2.45) is 0 Å². The highest BCUT2D eigenvalue weighted by molar-refractivity contribution is 6.13. The van der Waals surface area contributed by atoms with E-state index in [0.717, 1.165) is 10.9 Å². The summed E-state index contributed by atoms with van der Waals surface area (Å²) in [4.78, 5) is 17.3. The van der Waals surface area contributed by atoms with Crippen molar-refractivity contribution in [1.29, 1.82) is 0 Å². The predicted octanol–water partition coefficient (Wildman–Crippen LogP) is 5.71. The zero-order valence-electron chi connectivity index (χ0n) is 19.3. The molecule has 1 N–H and O–H groups in total. The van der Waals surface area contributed by atoms with Gasteiger partial charge in [-0.15, -0.1) is 0 Å². The molecule has 180 valence electrons. The Bertz CT molecular complexity index is 1620. The van der Waals surface area contributed by atoms with E-state index >= 15 is 0 Å². The number of pyridine rings is 1. The molecule has 8 heteroatoms. The van der Waals surface area contributed by atoms with Crippen LogP contribution in [0.4, 0.5) is 0 Å². The standard InChI is InChI=1S/C28H21NO7/c1-32-19-8-4-2-6-17(19)15-35-27-24(28(30)31)23(16-10-11-21-22(14-16)34-13-12-33-21)26-25(29-27)18-7-3-5-9-20(18)36-26/h2-11,14H,12-13,15H2,1H3,(H,30,31). The maximum atomic E-state index is 12.7. The van der Waals surface area contributed by atoms with Gasteiger partial charge in [0.2, 0.25) is 5.88 Å². The number of carbonyl (C=O) groups is 1. The number of rotatable bonds is 6. The van der Waals surface area contributed by atoms with Gasteiger partial charge in [-0.3, -0.25) is 0 Å². The fraction of sp³-hybridized carbons (Fsp3) is 0.143. The van der Waals surface area contributed by atoms with Gasteiger partial charge in [-0.2, -0.15) is 0 Å². The molecule has 1 aliphatic rings. The van der Waals surface area contributed by atoms with Gasteiger partial charge in [-0.25, -0.2) is 9.78 Å². The molecule has 6 rings (SSSR count). The Hall–Kier alpha value is -4.72. The van der Waals surface area contributed by atoms with E-state index in [4.69, 9.17) is 23.4 Å². The largest absolute Gasteiger partial charge is 0.496 e. The van der Waals surface area contributed by atoms with Gasteiger partial charge in [0, 0.05) is 16.5 Å². The first-order valence-electron chi connectivity index (χ1n) is 11.4. The highest BCUT2D eigenvalue weighted by atomic mass is 16.6. The Morgan fingerprint density at radius 3 is 2.61 bits per heavy atom. The number of hydrogen-bond acceptors (Lipinski definition) is 7. The van der Waals surface area contributed by atoms with Crippen LogP contribution in [-0.4, -0.2) is 36.4 Å². The first kappa shape index (κ1) is 21.8. The summed E-state index contributed by atoms with van der Waals surface area (Å²) in [6, 6.07) is 20.1. The van der Waals surface area contributed by atoms with Crippen molar-refractivity contribution < 1.29 is 33.3 Å². The van der Waals surface area contributed by atoms with E-state index < -0.39 is 5.97 Å². The molecular formula is C28H21NO7. The number of methoxy groups -OCH3 is 1. The summed E-state index contributed by atoms with van der Waals surface area (Å²) in [5.74, 6) is 0.565. The van der Waals surface area contributed by atoms with Gasteiger partial charge in [0.1, 0.15) is 42.2 Å². The number of hydrogen-bond donors (Lipinski definition) is 1. The lowest BCUT2D eigenvalue weighted by atomic mass is 9.98. The number of nitrogens with zero attached hydrogens (tertiary/aromatic N) is 1. The third-order valence-electron chi connectivity index (χ3n) is 6.08. The van der Waals surface area contributed by atoms with Crippen LogP contribution < -0.4 is 18.9 Å². The van der Waals surface area contributed by atoms with Crippen LogP contribution in [0.2, 0.25) is 0 Å². The fourth-order valence-corrected chi connectivity index (χ4v) is 4.44. The summed E-state index contributed by atoms with van der Waals surface area (Å²) in [5.41, 5.74) is 3.06. The van der Waals surface area contributed by atoms with Crippen LogP contribution in [0.25, 0.3) is 33.2 Å². The van der Waals surface area contributed by atoms with Gasteiger partial charge >= 0.3 is 5.97 Å². The Kier molecular flexibility index (Phi) is 5.33. The number of carboxylic acid groups (broad SMARTS) is 1. The molecule has 0 unspecified atom stereocenters. The molecule has 0 saturated heterocycles. The smallest absolute Gasteiger partial charge is 0.342 e. The highest BCUT2D eigenvalue weighted by Crippen LogP contribution is 2.43. The summed E-state index contributed by atoms with van der Waals surface area (Å²) in [7, 11) is 1.57. The third kappa shape index (κ3) is 3.63. The Labute approximate surface area is 205 Å². The van der Waals surface area contributed by atoms with Crippen molar-refractivity contribution in [3.05, 3.63) is 77.9 Å². The van der Waals surface area contributed by atoms with Crippen LogP contribution in [0.3, 0.4) is 0 Å². The lowest BCUT2D eigenvalue weighted by Crippen LogP contribution is -2.15. The number of ether oxygens (including phenoxy) is 4. The van der Waals surface area contributed by atoms with E-state index in [1.165, 1.54) is 0 Å². The number of aromatic carboxylic acids is 1. The van der Waals surface area contributed by atoms with Crippen LogP contribution >= 0.6 is 0 Å². The third-order valence-corrected chi connectivity index (χ3v) is 6.08. The molecule has 3 aromatic carbocycles. The summed E-state index contributed by atoms with van der Waals surface area (Å²) in [6.07, 6.45) is 0. The molecule has 2 aromatic heterocycles. The van der Waals surface area contributed by atoms with Crippen molar-refractivity contribution in [3.63, 3.8) is 0 Å². The summed E-state index contributed by atoms with van der Waals surface area (Å²) in [6.45, 7) is 0.932. The molecule has 0 bridgehead atoms. The molecule has 0 atom stereocenters.